The van der Waals surface area contributed by atoms with Crippen molar-refractivity contribution < 1.29 is 13.2 Å². The van der Waals surface area contributed by atoms with Crippen LogP contribution in [0.25, 0.3) is 0 Å². The Labute approximate surface area is 136 Å². The second-order valence-electron chi connectivity index (χ2n) is 4.10. The maximum absolute atomic E-state index is 13.0. The molecular weight excluding hydrogens is 385 g/mol. The molecule has 0 unspecified atom stereocenters. The van der Waals surface area contributed by atoms with Crippen LogP contribution < -0.4 is 0 Å². The average Bonchev–Trinajstić information content (AvgIpc) is 2.80. The lowest BCUT2D eigenvalue weighted by Gasteiger charge is -2.12. The van der Waals surface area contributed by atoms with Gasteiger partial charge in [0.25, 0.3) is 0 Å². The highest BCUT2D eigenvalue weighted by molar-refractivity contribution is 9.11. The Morgan fingerprint density at radius 3 is 2.67 bits per heavy atom. The molecule has 21 heavy (non-hydrogen) atoms. The lowest BCUT2D eigenvalue weighted by molar-refractivity contribution is -0.138. The molecule has 0 spiro atoms. The van der Waals surface area contributed by atoms with Crippen molar-refractivity contribution in [2.45, 2.75) is 23.9 Å². The van der Waals surface area contributed by atoms with Crippen molar-refractivity contribution in [3.8, 4) is 6.07 Å². The summed E-state index contributed by atoms with van der Waals surface area (Å²) in [5, 5.41) is 9.17. The number of nitriles is 1. The van der Waals surface area contributed by atoms with E-state index >= 15 is 0 Å². The van der Waals surface area contributed by atoms with E-state index < -0.39 is 17.3 Å². The predicted molar refractivity (Wildman–Crippen MR) is 80.3 cm³/mol. The van der Waals surface area contributed by atoms with Crippen molar-refractivity contribution in [1.82, 2.24) is 4.98 Å². The number of hydrogen-bond donors (Lipinski definition) is 0. The molecule has 110 valence electrons. The molecule has 8 heteroatoms. The molecule has 0 N–H and O–H groups in total. The molecule has 0 amide bonds. The topological polar surface area (TPSA) is 36.7 Å². The molecule has 2 aromatic rings. The third-order valence-corrected chi connectivity index (χ3v) is 5.34. The van der Waals surface area contributed by atoms with E-state index in [1.54, 1.807) is 6.07 Å². The summed E-state index contributed by atoms with van der Waals surface area (Å²) < 4.78 is 39.9. The zero-order valence-corrected chi connectivity index (χ0v) is 13.9. The number of hydrogen-bond acceptors (Lipinski definition) is 4. The van der Waals surface area contributed by atoms with Gasteiger partial charge < -0.3 is 0 Å². The van der Waals surface area contributed by atoms with E-state index in [0.717, 1.165) is 26.5 Å². The molecule has 0 saturated heterocycles. The number of thioether (sulfide) groups is 1. The summed E-state index contributed by atoms with van der Waals surface area (Å²) >= 11 is 5.96. The van der Waals surface area contributed by atoms with Crippen molar-refractivity contribution in [3.63, 3.8) is 0 Å². The van der Waals surface area contributed by atoms with Crippen molar-refractivity contribution >= 4 is 39.0 Å². The van der Waals surface area contributed by atoms with Gasteiger partial charge in [-0.05, 0) is 41.1 Å². The lowest BCUT2D eigenvalue weighted by Crippen LogP contribution is -2.10. The van der Waals surface area contributed by atoms with Crippen LogP contribution in [0.2, 0.25) is 0 Å². The molecule has 2 heterocycles. The summed E-state index contributed by atoms with van der Waals surface area (Å²) in [5.74, 6) is 0.471. The van der Waals surface area contributed by atoms with Crippen LogP contribution in [-0.2, 0) is 11.9 Å². The zero-order chi connectivity index (χ0) is 15.6. The predicted octanol–water partition coefficient (Wildman–Crippen LogP) is 5.40. The van der Waals surface area contributed by atoms with Crippen molar-refractivity contribution in [3.05, 3.63) is 43.7 Å². The molecule has 0 aromatic carbocycles. The van der Waals surface area contributed by atoms with Crippen LogP contribution in [0.5, 0.6) is 0 Å². The highest BCUT2D eigenvalue weighted by Crippen LogP contribution is 2.37. The van der Waals surface area contributed by atoms with Gasteiger partial charge in [0.15, 0.2) is 0 Å². The maximum atomic E-state index is 13.0. The number of alkyl halides is 3. The Bertz CT molecular complexity index is 704. The van der Waals surface area contributed by atoms with Gasteiger partial charge in [0, 0.05) is 16.3 Å². The van der Waals surface area contributed by atoms with Gasteiger partial charge >= 0.3 is 6.18 Å². The van der Waals surface area contributed by atoms with Crippen molar-refractivity contribution in [1.29, 1.82) is 5.26 Å². The number of halogens is 4. The van der Waals surface area contributed by atoms with Gasteiger partial charge in [-0.1, -0.05) is 11.8 Å². The molecule has 0 aliphatic heterocycles. The number of rotatable bonds is 3. The summed E-state index contributed by atoms with van der Waals surface area (Å²) in [6, 6.07) is 6.29. The summed E-state index contributed by atoms with van der Waals surface area (Å²) in [6.45, 7) is 1.49. The first-order chi connectivity index (χ1) is 9.81. The van der Waals surface area contributed by atoms with Gasteiger partial charge in [-0.25, -0.2) is 4.98 Å². The fraction of sp³-hybridized carbons (Fsp3) is 0.231. The molecule has 0 fully saturated rings. The average molecular weight is 393 g/mol. The monoisotopic (exact) mass is 392 g/mol. The minimum absolute atomic E-state index is 0.120. The molecule has 2 nitrogen and oxygen atoms in total. The molecule has 0 saturated carbocycles. The first-order valence-electron chi connectivity index (χ1n) is 5.67. The second-order valence-corrected chi connectivity index (χ2v) is 7.61. The van der Waals surface area contributed by atoms with Crippen molar-refractivity contribution in [2.75, 3.05) is 0 Å². The maximum Gasteiger partial charge on any atom is 0.417 e. The van der Waals surface area contributed by atoms with Gasteiger partial charge in [0.1, 0.15) is 11.1 Å². The van der Waals surface area contributed by atoms with E-state index in [2.05, 4.69) is 20.9 Å². The fourth-order valence-corrected chi connectivity index (χ4v) is 4.22. The molecule has 0 aliphatic rings. The Hall–Kier alpha value is -1.04. The second kappa shape index (κ2) is 6.38. The standard InChI is InChI=1S/C13H8BrF3N2S2/c1-7-4-10(13(15,16)17)9(5-18)12(19-7)20-6-8-2-3-11(14)21-8/h2-4H,6H2,1H3. The molecule has 2 aromatic heterocycles. The molecule has 0 aliphatic carbocycles. The lowest BCUT2D eigenvalue weighted by atomic mass is 10.1. The Kier molecular flexibility index (Phi) is 4.96. The summed E-state index contributed by atoms with van der Waals surface area (Å²) in [5.41, 5.74) is -1.09. The summed E-state index contributed by atoms with van der Waals surface area (Å²) in [7, 11) is 0. The fourth-order valence-electron chi connectivity index (χ4n) is 1.65. The third kappa shape index (κ3) is 3.99. The number of thiophene rings is 1. The SMILES string of the molecule is Cc1cc(C(F)(F)F)c(C#N)c(SCc2ccc(Br)s2)n1. The van der Waals surface area contributed by atoms with Gasteiger partial charge in [-0.2, -0.15) is 18.4 Å². The summed E-state index contributed by atoms with van der Waals surface area (Å²) in [6.07, 6.45) is -4.56. The van der Waals surface area contributed by atoms with Crippen LogP contribution in [0.1, 0.15) is 21.7 Å². The molecule has 0 radical (unpaired) electrons. The van der Waals surface area contributed by atoms with Crippen LogP contribution in [0.15, 0.2) is 27.0 Å². The minimum atomic E-state index is -4.56. The molecule has 0 atom stereocenters. The number of nitrogens with zero attached hydrogens (tertiary/aromatic N) is 2. The molecule has 0 bridgehead atoms. The summed E-state index contributed by atoms with van der Waals surface area (Å²) in [4.78, 5) is 5.07. The van der Waals surface area contributed by atoms with Crippen LogP contribution in [-0.4, -0.2) is 4.98 Å². The van der Waals surface area contributed by atoms with E-state index in [4.69, 9.17) is 5.26 Å². The first-order valence-corrected chi connectivity index (χ1v) is 8.26. The van der Waals surface area contributed by atoms with E-state index in [1.807, 2.05) is 12.1 Å². The normalized spacial score (nSPS) is 11.4. The number of pyridine rings is 1. The van der Waals surface area contributed by atoms with Gasteiger partial charge in [0.05, 0.1) is 14.9 Å². The van der Waals surface area contributed by atoms with Gasteiger partial charge in [0.2, 0.25) is 0 Å². The molecule has 2 rings (SSSR count). The Morgan fingerprint density at radius 1 is 1.43 bits per heavy atom. The smallest absolute Gasteiger partial charge is 0.245 e. The Balaban J connectivity index is 2.35. The van der Waals surface area contributed by atoms with E-state index in [-0.39, 0.29) is 10.7 Å². The largest absolute Gasteiger partial charge is 0.417 e. The van der Waals surface area contributed by atoms with E-state index in [1.165, 1.54) is 18.3 Å². The van der Waals surface area contributed by atoms with Gasteiger partial charge in [-0.15, -0.1) is 11.3 Å². The van der Waals surface area contributed by atoms with Gasteiger partial charge in [-0.3, -0.25) is 0 Å². The Morgan fingerprint density at radius 2 is 2.14 bits per heavy atom. The van der Waals surface area contributed by atoms with E-state index in [9.17, 15) is 13.2 Å². The zero-order valence-electron chi connectivity index (χ0n) is 10.7. The third-order valence-electron chi connectivity index (χ3n) is 2.51. The molecular formula is C13H8BrF3N2S2. The highest BCUT2D eigenvalue weighted by Gasteiger charge is 2.35. The van der Waals surface area contributed by atoms with Crippen LogP contribution in [0.4, 0.5) is 13.2 Å². The first kappa shape index (κ1) is 16.3. The van der Waals surface area contributed by atoms with Crippen molar-refractivity contribution in [2.24, 2.45) is 0 Å². The number of aryl methyl sites for hydroxylation is 1. The minimum Gasteiger partial charge on any atom is -0.245 e. The van der Waals surface area contributed by atoms with Crippen LogP contribution in [0, 0.1) is 18.3 Å². The quantitative estimate of drug-likeness (QED) is 0.656. The highest BCUT2D eigenvalue weighted by atomic mass is 79.9. The number of aromatic nitrogens is 1. The van der Waals surface area contributed by atoms with Crippen LogP contribution >= 0.6 is 39.0 Å². The van der Waals surface area contributed by atoms with Crippen LogP contribution in [0.3, 0.4) is 0 Å². The van der Waals surface area contributed by atoms with E-state index in [0.29, 0.717) is 5.75 Å².